The minimum absolute atomic E-state index is 0.0363. The molecule has 3 aliphatic rings. The summed E-state index contributed by atoms with van der Waals surface area (Å²) >= 11 is 3.63. The SMILES string of the molecule is CC(C)(C)c1cc(-c2cc(-c3cccc(C4(c5ccccn5)c5ccccc5Sc5ccccc54)c3)nc(-c3ccccc3O)c2)cc(C(C)(C)C)c1.CC(C)(C)c1cc(-c2cccc(C3(c4ccccn4)c4ccccc4Oc4ccccc43)c2)nc(-c2ccccc2O)c1.CC(C)(C)c1cc(-c2cccc(C3(c4ccccn4)c4ccccc4Sc4ccccc43)c2)nc(-c2ccccc2O)c1. The van der Waals surface area contributed by atoms with E-state index in [0.717, 1.165) is 135 Å². The van der Waals surface area contributed by atoms with Gasteiger partial charge in [0.25, 0.3) is 0 Å². The first-order valence-electron chi connectivity index (χ1n) is 47.4. The number of para-hydroxylation sites is 5. The Bertz CT molecular complexity index is 7390. The third kappa shape index (κ3) is 17.3. The second-order valence-electron chi connectivity index (χ2n) is 40.1. The summed E-state index contributed by atoms with van der Waals surface area (Å²) in [6.07, 6.45) is 5.64. The van der Waals surface area contributed by atoms with E-state index in [4.69, 9.17) is 34.6 Å². The van der Waals surface area contributed by atoms with E-state index in [1.165, 1.54) is 53.0 Å². The highest BCUT2D eigenvalue weighted by Gasteiger charge is 2.50. The lowest BCUT2D eigenvalue weighted by atomic mass is 9.65. The molecule has 0 unspecified atom stereocenters. The van der Waals surface area contributed by atoms with E-state index in [0.29, 0.717) is 11.1 Å². The van der Waals surface area contributed by atoms with E-state index in [9.17, 15) is 15.3 Å². The van der Waals surface area contributed by atoms with Crippen molar-refractivity contribution < 1.29 is 20.1 Å². The van der Waals surface area contributed by atoms with E-state index in [1.54, 1.807) is 18.2 Å². The highest BCUT2D eigenvalue weighted by molar-refractivity contribution is 7.99. The summed E-state index contributed by atoms with van der Waals surface area (Å²) in [4.78, 5) is 35.5. The molecule has 0 radical (unpaired) electrons. The van der Waals surface area contributed by atoms with Crippen LogP contribution < -0.4 is 4.74 Å². The Kier molecular flexibility index (Phi) is 24.3. The number of phenolic OH excluding ortho intramolecular Hbond substituents is 3. The van der Waals surface area contributed by atoms with Crippen LogP contribution in [0.4, 0.5) is 0 Å². The fourth-order valence-electron chi connectivity index (χ4n) is 19.9. The second-order valence-corrected chi connectivity index (χ2v) is 42.3. The fraction of sp³-hybridized carbons (Fsp3) is 0.150. The average Bonchev–Trinajstić information content (AvgIpc) is 0.719. The molecule has 0 saturated carbocycles. The van der Waals surface area contributed by atoms with Gasteiger partial charge < -0.3 is 20.1 Å². The number of benzene rings is 13. The third-order valence-electron chi connectivity index (χ3n) is 27.1. The van der Waals surface area contributed by atoms with Crippen molar-refractivity contribution in [2.24, 2.45) is 0 Å². The smallest absolute Gasteiger partial charge is 0.132 e. The topological polar surface area (TPSA) is 147 Å². The normalized spacial score (nSPS) is 13.6. The van der Waals surface area contributed by atoms with Crippen molar-refractivity contribution in [1.29, 1.82) is 0 Å². The number of fused-ring (bicyclic) bond motifs is 6. The monoisotopic (exact) mass is 1840 g/mol. The van der Waals surface area contributed by atoms with Crippen LogP contribution >= 0.6 is 23.5 Å². The van der Waals surface area contributed by atoms with Gasteiger partial charge in [0.2, 0.25) is 0 Å². The van der Waals surface area contributed by atoms with Gasteiger partial charge in [0, 0.05) is 82.7 Å². The number of pyridine rings is 6. The summed E-state index contributed by atoms with van der Waals surface area (Å²) in [5, 5.41) is 32.6. The molecule has 0 saturated heterocycles. The van der Waals surface area contributed by atoms with Gasteiger partial charge in [0.05, 0.1) is 67.5 Å². The Morgan fingerprint density at radius 1 is 0.223 bits per heavy atom. The first kappa shape index (κ1) is 91.4. The minimum Gasteiger partial charge on any atom is -0.507 e. The Morgan fingerprint density at radius 2 is 0.482 bits per heavy atom. The molecule has 10 nitrogen and oxygen atoms in total. The summed E-state index contributed by atoms with van der Waals surface area (Å²) in [5.41, 5.74) is 27.8. The molecule has 0 aliphatic carbocycles. The molecule has 0 bridgehead atoms. The summed E-state index contributed by atoms with van der Waals surface area (Å²) in [7, 11) is 0. The second kappa shape index (κ2) is 37.0. The van der Waals surface area contributed by atoms with Crippen molar-refractivity contribution >= 4 is 23.5 Å². The quantitative estimate of drug-likeness (QED) is 0.101. The Hall–Kier alpha value is -15.3. The molecule has 19 aromatic rings. The number of aromatic nitrogens is 6. The number of nitrogens with zero attached hydrogens (tertiary/aromatic N) is 6. The molecule has 13 aromatic carbocycles. The lowest BCUT2D eigenvalue weighted by molar-refractivity contribution is 0.432. The molecule has 682 valence electrons. The number of rotatable bonds is 13. The number of ether oxygens (including phenoxy) is 1. The van der Waals surface area contributed by atoms with E-state index in [1.807, 2.05) is 145 Å². The van der Waals surface area contributed by atoms with Crippen LogP contribution in [0.1, 0.15) is 172 Å². The maximum atomic E-state index is 11.1. The highest BCUT2D eigenvalue weighted by atomic mass is 32.2. The van der Waals surface area contributed by atoms with Crippen molar-refractivity contribution in [2.75, 3.05) is 0 Å². The largest absolute Gasteiger partial charge is 0.507 e. The zero-order valence-electron chi connectivity index (χ0n) is 80.1. The zero-order chi connectivity index (χ0) is 96.2. The van der Waals surface area contributed by atoms with E-state index >= 15 is 0 Å². The van der Waals surface area contributed by atoms with Crippen molar-refractivity contribution in [3.05, 3.63) is 508 Å². The average molecular weight is 1850 g/mol. The molecule has 6 aromatic heterocycles. The molecule has 0 amide bonds. The van der Waals surface area contributed by atoms with Gasteiger partial charge in [-0.05, 0) is 258 Å². The minimum atomic E-state index is -0.717. The van der Waals surface area contributed by atoms with Crippen LogP contribution in [0.25, 0.3) is 78.7 Å². The first-order valence-corrected chi connectivity index (χ1v) is 49.0. The Labute approximate surface area is 823 Å². The van der Waals surface area contributed by atoms with Gasteiger partial charge in [0.1, 0.15) is 28.7 Å². The Morgan fingerprint density at radius 3 is 0.806 bits per heavy atom. The van der Waals surface area contributed by atoms with Gasteiger partial charge in [-0.15, -0.1) is 0 Å². The van der Waals surface area contributed by atoms with Gasteiger partial charge >= 0.3 is 0 Å². The predicted octanol–water partition coefficient (Wildman–Crippen LogP) is 31.6. The molecule has 3 aliphatic heterocycles. The molecular formula is C127H108N6O4S2. The fourth-order valence-corrected chi connectivity index (χ4v) is 22.3. The van der Waals surface area contributed by atoms with Crippen molar-refractivity contribution in [1.82, 2.24) is 29.9 Å². The molecule has 139 heavy (non-hydrogen) atoms. The van der Waals surface area contributed by atoms with Crippen LogP contribution in [0, 0.1) is 0 Å². The van der Waals surface area contributed by atoms with Crippen LogP contribution in [-0.4, -0.2) is 45.2 Å². The third-order valence-corrected chi connectivity index (χ3v) is 29.4. The number of hydrogen-bond acceptors (Lipinski definition) is 12. The predicted molar refractivity (Wildman–Crippen MR) is 567 cm³/mol. The first-order chi connectivity index (χ1) is 67.1. The maximum absolute atomic E-state index is 11.1. The molecule has 12 heteroatoms. The number of hydrogen-bond donors (Lipinski definition) is 3. The number of aromatic hydroxyl groups is 3. The van der Waals surface area contributed by atoms with Gasteiger partial charge in [-0.1, -0.05) is 343 Å². The zero-order valence-corrected chi connectivity index (χ0v) is 81.7. The van der Waals surface area contributed by atoms with Crippen LogP contribution in [0.15, 0.2) is 439 Å². The summed E-state index contributed by atoms with van der Waals surface area (Å²) < 4.78 is 6.46. The van der Waals surface area contributed by atoms with Gasteiger partial charge in [0.15, 0.2) is 0 Å². The highest BCUT2D eigenvalue weighted by Crippen LogP contribution is 2.60. The lowest BCUT2D eigenvalue weighted by Gasteiger charge is -2.41. The molecule has 3 N–H and O–H groups in total. The summed E-state index contributed by atoms with van der Waals surface area (Å²) in [5.74, 6) is 2.27. The van der Waals surface area contributed by atoms with Gasteiger partial charge in [-0.2, -0.15) is 0 Å². The standard InChI is InChI=1S/C49H44N2OS.C39H32N2O2.C39H32N2OS/c1-47(2,3)36-27-33(28-37(31-36)48(4,5)6)34-29-41(51-42(30-34)38-18-7-10-21-43(38)52)32-16-15-17-35(26-32)49(46-24-13-14-25-50-46)39-19-8-11-22-44(39)53-45-23-12-9-20-40(45)49;2*1-38(2,3)28-24-32(41-33(25-28)29-15-4-7-18-34(29)42)26-13-12-14-27(23-26)39(37-21-10-11-22-40-37)30-16-5-8-19-35(30)43-36-20-9-6-17-31(36)39/h7-31,52H,1-6H3;2*4-25,42H,1-3H3. The summed E-state index contributed by atoms with van der Waals surface area (Å²) in [6, 6.07) is 138. The van der Waals surface area contributed by atoms with Crippen molar-refractivity contribution in [2.45, 2.75) is 141 Å². The molecule has 0 spiro atoms. The maximum Gasteiger partial charge on any atom is 0.132 e. The molecule has 9 heterocycles. The van der Waals surface area contributed by atoms with Crippen molar-refractivity contribution in [3.63, 3.8) is 0 Å². The molecule has 22 rings (SSSR count). The van der Waals surface area contributed by atoms with Crippen LogP contribution in [0.3, 0.4) is 0 Å². The van der Waals surface area contributed by atoms with Crippen LogP contribution in [-0.2, 0) is 37.9 Å². The van der Waals surface area contributed by atoms with E-state index < -0.39 is 16.2 Å². The van der Waals surface area contributed by atoms with E-state index in [2.05, 4.69) is 362 Å². The number of phenols is 3. The lowest BCUT2D eigenvalue weighted by Crippen LogP contribution is -2.35. The van der Waals surface area contributed by atoms with Crippen molar-refractivity contribution in [3.8, 4) is 107 Å². The summed E-state index contributed by atoms with van der Waals surface area (Å²) in [6.45, 7) is 26.8. The van der Waals surface area contributed by atoms with Gasteiger partial charge in [-0.25, -0.2) is 15.0 Å². The van der Waals surface area contributed by atoms with Crippen LogP contribution in [0.5, 0.6) is 28.7 Å². The van der Waals surface area contributed by atoms with Crippen LogP contribution in [0.2, 0.25) is 0 Å². The molecular weight excluding hydrogens is 1740 g/mol. The van der Waals surface area contributed by atoms with E-state index in [-0.39, 0.29) is 38.9 Å². The Balaban J connectivity index is 0.000000129. The van der Waals surface area contributed by atoms with Gasteiger partial charge in [-0.3, -0.25) is 15.0 Å². The molecule has 0 fully saturated rings. The molecule has 0 atom stereocenters.